The number of nitrogens with zero attached hydrogens (tertiary/aromatic N) is 1. The molecule has 8 nitrogen and oxygen atoms in total. The molecule has 39 heavy (non-hydrogen) atoms. The van der Waals surface area contributed by atoms with Crippen LogP contribution in [0.1, 0.15) is 65.5 Å². The number of aromatic nitrogens is 2. The van der Waals surface area contributed by atoms with Gasteiger partial charge in [0, 0.05) is 12.0 Å². The average molecular weight is 547 g/mol. The molecule has 0 radical (unpaired) electrons. The first-order chi connectivity index (χ1) is 18.7. The number of aromatic amines is 1. The molecule has 0 unspecified atom stereocenters. The lowest BCUT2D eigenvalue weighted by atomic mass is 10.0. The predicted octanol–water partition coefficient (Wildman–Crippen LogP) is 5.05. The van der Waals surface area contributed by atoms with Gasteiger partial charge in [-0.3, -0.25) is 14.4 Å². The highest BCUT2D eigenvalue weighted by molar-refractivity contribution is 5.96. The Morgan fingerprint density at radius 2 is 1.82 bits per heavy atom. The molecule has 1 aliphatic heterocycles. The number of hydrogen-bond acceptors (Lipinski definition) is 5. The standard InChI is InChI=1S/C27H26F4N4O4/c1-39-22(37)12-14-7-8-16-20(11-14)32-21(36)6-4-2-3-5-19(26-34-24(16)25(31)35-26)33-27(38)23-17(29)9-15(13-28)10-18(23)30/h7-11,19H,2-6,12-13H2,1H3,(H,32,36)(H,33,38)(H,34,35)/t19-/m0/s1. The van der Waals surface area contributed by atoms with E-state index in [1.807, 2.05) is 0 Å². The Labute approximate surface area is 221 Å². The SMILES string of the molecule is COC(=O)Cc1ccc2c(c1)NC(=O)CCCCC[C@H](NC(=O)c1c(F)cc(CF)cc1F)c1nc-2c(F)[nH]1. The highest BCUT2D eigenvalue weighted by atomic mass is 19.1. The zero-order chi connectivity index (χ0) is 28.1. The maximum atomic E-state index is 15.2. The Hall–Kier alpha value is -4.22. The lowest BCUT2D eigenvalue weighted by Gasteiger charge is -2.17. The number of methoxy groups -OCH3 is 1. The number of anilines is 1. The van der Waals surface area contributed by atoms with E-state index >= 15 is 4.39 Å². The summed E-state index contributed by atoms with van der Waals surface area (Å²) in [6.45, 7) is -1.10. The molecule has 206 valence electrons. The van der Waals surface area contributed by atoms with Crippen molar-refractivity contribution in [1.82, 2.24) is 15.3 Å². The molecular weight excluding hydrogens is 520 g/mol. The third-order valence-corrected chi connectivity index (χ3v) is 6.38. The van der Waals surface area contributed by atoms with E-state index in [4.69, 9.17) is 0 Å². The Kier molecular flexibility index (Phi) is 8.62. The lowest BCUT2D eigenvalue weighted by Crippen LogP contribution is -2.31. The molecule has 2 aromatic carbocycles. The van der Waals surface area contributed by atoms with Crippen LogP contribution in [0.15, 0.2) is 30.3 Å². The van der Waals surface area contributed by atoms with E-state index in [1.54, 1.807) is 6.07 Å². The van der Waals surface area contributed by atoms with Crippen LogP contribution in [-0.4, -0.2) is 34.9 Å². The van der Waals surface area contributed by atoms with Crippen molar-refractivity contribution in [2.45, 2.75) is 51.2 Å². The largest absolute Gasteiger partial charge is 0.469 e. The second-order valence-electron chi connectivity index (χ2n) is 9.16. The first kappa shape index (κ1) is 27.8. The molecule has 1 atom stereocenters. The fraction of sp³-hybridized carbons (Fsp3) is 0.333. The number of carbonyl (C=O) groups excluding carboxylic acids is 3. The topological polar surface area (TPSA) is 113 Å². The van der Waals surface area contributed by atoms with Crippen molar-refractivity contribution in [2.24, 2.45) is 0 Å². The highest BCUT2D eigenvalue weighted by Gasteiger charge is 2.27. The van der Waals surface area contributed by atoms with Gasteiger partial charge in [-0.25, -0.2) is 18.2 Å². The smallest absolute Gasteiger partial charge is 0.309 e. The van der Waals surface area contributed by atoms with Gasteiger partial charge in [-0.2, -0.15) is 4.39 Å². The minimum Gasteiger partial charge on any atom is -0.469 e. The van der Waals surface area contributed by atoms with Crippen LogP contribution in [0.25, 0.3) is 11.3 Å². The van der Waals surface area contributed by atoms with Crippen LogP contribution in [0, 0.1) is 17.6 Å². The number of benzene rings is 2. The van der Waals surface area contributed by atoms with E-state index in [2.05, 4.69) is 25.3 Å². The lowest BCUT2D eigenvalue weighted by molar-refractivity contribution is -0.139. The van der Waals surface area contributed by atoms with E-state index in [-0.39, 0.29) is 53.5 Å². The van der Waals surface area contributed by atoms with Gasteiger partial charge in [0.2, 0.25) is 11.9 Å². The summed E-state index contributed by atoms with van der Waals surface area (Å²) in [5.74, 6) is -5.21. The summed E-state index contributed by atoms with van der Waals surface area (Å²) in [4.78, 5) is 44.0. The maximum absolute atomic E-state index is 15.2. The number of rotatable bonds is 5. The van der Waals surface area contributed by atoms with Crippen LogP contribution in [0.5, 0.6) is 0 Å². The van der Waals surface area contributed by atoms with Crippen LogP contribution in [0.3, 0.4) is 0 Å². The molecule has 2 bridgehead atoms. The number of halogens is 4. The van der Waals surface area contributed by atoms with E-state index < -0.39 is 47.7 Å². The summed E-state index contributed by atoms with van der Waals surface area (Å²) in [7, 11) is 1.25. The van der Waals surface area contributed by atoms with E-state index in [0.717, 1.165) is 12.1 Å². The Bertz CT molecular complexity index is 1390. The fourth-order valence-corrected chi connectivity index (χ4v) is 4.41. The summed E-state index contributed by atoms with van der Waals surface area (Å²) < 4.78 is 61.6. The van der Waals surface area contributed by atoms with Gasteiger partial charge >= 0.3 is 5.97 Å². The van der Waals surface area contributed by atoms with Gasteiger partial charge < -0.3 is 20.4 Å². The van der Waals surface area contributed by atoms with Crippen molar-refractivity contribution >= 4 is 23.5 Å². The second-order valence-corrected chi connectivity index (χ2v) is 9.16. The number of ether oxygens (including phenoxy) is 1. The quantitative estimate of drug-likeness (QED) is 0.306. The molecule has 0 saturated carbocycles. The molecule has 3 N–H and O–H groups in total. The van der Waals surface area contributed by atoms with Crippen molar-refractivity contribution in [3.8, 4) is 11.3 Å². The van der Waals surface area contributed by atoms with Crippen LogP contribution in [-0.2, 0) is 27.4 Å². The first-order valence-electron chi connectivity index (χ1n) is 12.3. The van der Waals surface area contributed by atoms with Crippen molar-refractivity contribution in [2.75, 3.05) is 12.4 Å². The van der Waals surface area contributed by atoms with E-state index in [0.29, 0.717) is 24.8 Å². The number of H-pyrrole nitrogens is 1. The van der Waals surface area contributed by atoms with Gasteiger partial charge in [-0.1, -0.05) is 25.0 Å². The van der Waals surface area contributed by atoms with Gasteiger partial charge in [0.05, 0.1) is 25.3 Å². The first-order valence-corrected chi connectivity index (χ1v) is 12.3. The summed E-state index contributed by atoms with van der Waals surface area (Å²) in [5.41, 5.74) is -0.323. The zero-order valence-electron chi connectivity index (χ0n) is 21.0. The molecule has 12 heteroatoms. The minimum atomic E-state index is -1.22. The van der Waals surface area contributed by atoms with Crippen LogP contribution in [0.2, 0.25) is 0 Å². The average Bonchev–Trinajstić information content (AvgIpc) is 3.28. The molecule has 3 aromatic rings. The number of alkyl halides is 1. The van der Waals surface area contributed by atoms with Gasteiger partial charge in [-0.05, 0) is 42.2 Å². The summed E-state index contributed by atoms with van der Waals surface area (Å²) >= 11 is 0. The van der Waals surface area contributed by atoms with Crippen molar-refractivity contribution in [3.05, 3.63) is 70.4 Å². The highest BCUT2D eigenvalue weighted by Crippen LogP contribution is 2.33. The van der Waals surface area contributed by atoms with Crippen LogP contribution < -0.4 is 10.6 Å². The predicted molar refractivity (Wildman–Crippen MR) is 133 cm³/mol. The molecule has 0 fully saturated rings. The summed E-state index contributed by atoms with van der Waals surface area (Å²) in [6, 6.07) is 5.13. The Balaban J connectivity index is 1.70. The normalized spacial score (nSPS) is 15.7. The van der Waals surface area contributed by atoms with Crippen molar-refractivity contribution in [3.63, 3.8) is 0 Å². The van der Waals surface area contributed by atoms with Gasteiger partial charge in [0.1, 0.15) is 35.4 Å². The number of imidazole rings is 1. The maximum Gasteiger partial charge on any atom is 0.309 e. The second kappa shape index (κ2) is 12.1. The van der Waals surface area contributed by atoms with Crippen LogP contribution >= 0.6 is 0 Å². The van der Waals surface area contributed by atoms with Crippen LogP contribution in [0.4, 0.5) is 23.2 Å². The van der Waals surface area contributed by atoms with Crippen molar-refractivity contribution in [1.29, 1.82) is 0 Å². The molecule has 2 heterocycles. The fourth-order valence-electron chi connectivity index (χ4n) is 4.41. The van der Waals surface area contributed by atoms with Gasteiger partial charge in [0.25, 0.3) is 5.91 Å². The minimum absolute atomic E-state index is 0.00667. The third-order valence-electron chi connectivity index (χ3n) is 6.38. The number of hydrogen-bond donors (Lipinski definition) is 3. The number of esters is 1. The zero-order valence-corrected chi connectivity index (χ0v) is 21.0. The molecular formula is C27H26F4N4O4. The molecule has 1 aliphatic rings. The van der Waals surface area contributed by atoms with E-state index in [9.17, 15) is 27.6 Å². The monoisotopic (exact) mass is 546 g/mol. The summed E-state index contributed by atoms with van der Waals surface area (Å²) in [6.07, 6.45) is 1.89. The van der Waals surface area contributed by atoms with Crippen molar-refractivity contribution < 1.29 is 36.7 Å². The molecule has 4 rings (SSSR count). The number of carbonyl (C=O) groups is 3. The summed E-state index contributed by atoms with van der Waals surface area (Å²) in [5, 5.41) is 5.26. The number of fused-ring (bicyclic) bond motifs is 4. The molecule has 2 amide bonds. The molecule has 0 aliphatic carbocycles. The molecule has 1 aromatic heterocycles. The Morgan fingerprint density at radius 3 is 2.51 bits per heavy atom. The van der Waals surface area contributed by atoms with Gasteiger partial charge in [-0.15, -0.1) is 0 Å². The third kappa shape index (κ3) is 6.44. The Morgan fingerprint density at radius 1 is 1.08 bits per heavy atom. The molecule has 0 spiro atoms. The number of nitrogens with one attached hydrogen (secondary N) is 3. The van der Waals surface area contributed by atoms with E-state index in [1.165, 1.54) is 19.2 Å². The molecule has 0 saturated heterocycles. The van der Waals surface area contributed by atoms with Gasteiger partial charge in [0.15, 0.2) is 0 Å². The number of amides is 2.